The molecule has 1 saturated carbocycles. The maximum atomic E-state index is 11.6. The minimum atomic E-state index is -0.0152. The van der Waals surface area contributed by atoms with Gasteiger partial charge in [-0.3, -0.25) is 19.7 Å². The van der Waals surface area contributed by atoms with E-state index in [1.807, 2.05) is 109 Å². The van der Waals surface area contributed by atoms with Gasteiger partial charge in [-0.1, -0.05) is 256 Å². The Bertz CT molecular complexity index is 4240. The summed E-state index contributed by atoms with van der Waals surface area (Å²) in [7, 11) is 0. The number of nitrogens with one attached hydrogen (secondary N) is 1. The summed E-state index contributed by atoms with van der Waals surface area (Å²) in [6, 6.07) is 45.2. The van der Waals surface area contributed by atoms with Crippen LogP contribution in [0.3, 0.4) is 0 Å². The van der Waals surface area contributed by atoms with E-state index >= 15 is 0 Å². The van der Waals surface area contributed by atoms with Crippen molar-refractivity contribution in [1.82, 2.24) is 30.2 Å². The van der Waals surface area contributed by atoms with Gasteiger partial charge in [0.1, 0.15) is 11.0 Å². The monoisotopic (exact) mass is 1280 g/mol. The second kappa shape index (κ2) is 31.9. The summed E-state index contributed by atoms with van der Waals surface area (Å²) in [6.45, 7) is 50.8. The normalized spacial score (nSPS) is 13.4. The lowest BCUT2D eigenvalue weighted by molar-refractivity contribution is 0.315. The quantitative estimate of drug-likeness (QED) is 0.173. The van der Waals surface area contributed by atoms with Gasteiger partial charge in [0.2, 0.25) is 0 Å². The maximum Gasteiger partial charge on any atom is 0.255 e. The van der Waals surface area contributed by atoms with Crippen molar-refractivity contribution in [3.05, 3.63) is 220 Å². The highest BCUT2D eigenvalue weighted by atomic mass is 32.1. The molecule has 0 radical (unpaired) electrons. The molecule has 0 bridgehead atoms. The Morgan fingerprint density at radius 1 is 0.468 bits per heavy atom. The molecule has 11 aromatic rings. The number of fused-ring (bicyclic) bond motifs is 5. The summed E-state index contributed by atoms with van der Waals surface area (Å²) in [5.74, 6) is 2.05. The van der Waals surface area contributed by atoms with Gasteiger partial charge in [0.25, 0.3) is 5.56 Å². The third-order valence-corrected chi connectivity index (χ3v) is 17.5. The fourth-order valence-corrected chi connectivity index (χ4v) is 11.8. The fourth-order valence-electron chi connectivity index (χ4n) is 10.6. The summed E-state index contributed by atoms with van der Waals surface area (Å²) in [6.07, 6.45) is 18.1. The van der Waals surface area contributed by atoms with Gasteiger partial charge >= 0.3 is 0 Å². The van der Waals surface area contributed by atoms with Crippen molar-refractivity contribution >= 4 is 77.2 Å². The standard InChI is InChI=1S/C13H15NO.C13H15N.C12H13N.C12H14S.C10H12N2O.C9H13N.C7H12N2.C7H14/c1-13(2,3)11-8-14-12(15)10-7-5-4-6-9(10)11;1-13(2,3)12-9-14-8-10-6-4-5-7-11(10)12;1-9(2)11-5-3-4-10-8-13-7-6-12(10)11;1-12(2,3)10-8-13-11-7-5-4-6-9(10)11;1-10(2,3)7-5-4-6-8-9(7)12-13-11-8;1-9(2,3)8-6-4-5-7-10-8;1-7(2,3)6-4-8-9-5-6;1-7(2,3)6-4-5-6/h4-8H,1-3H3,(H,14,15);4-9H,1-3H3;3-9H,1-2H3;4-8H,1-3H3;4-6H,1-3H3;4-7H,1-3H3;4-6H,1-3H3;6H,4-5H2,1-3H3. The van der Waals surface area contributed by atoms with Crippen LogP contribution in [-0.4, -0.2) is 42.7 Å². The summed E-state index contributed by atoms with van der Waals surface area (Å²) >= 11 is 1.84. The topological polar surface area (TPSA) is 135 Å². The van der Waals surface area contributed by atoms with Crippen molar-refractivity contribution in [3.63, 3.8) is 0 Å². The van der Waals surface area contributed by atoms with Crippen LogP contribution in [-0.2, 0) is 27.1 Å². The first kappa shape index (κ1) is 75.0. The van der Waals surface area contributed by atoms with Crippen molar-refractivity contribution in [2.24, 2.45) is 32.9 Å². The molecule has 498 valence electrons. The lowest BCUT2D eigenvalue weighted by Gasteiger charge is -2.20. The zero-order chi connectivity index (χ0) is 69.5. The number of hydrogen-bond acceptors (Lipinski definition) is 10. The Labute approximate surface area is 566 Å². The Morgan fingerprint density at radius 3 is 1.54 bits per heavy atom. The average Bonchev–Trinajstić information content (AvgIpc) is 1.25. The lowest BCUT2D eigenvalue weighted by Crippen LogP contribution is -2.20. The molecular weight excluding hydrogens is 1170 g/mol. The molecule has 0 amide bonds. The Kier molecular flexibility index (Phi) is 25.5. The predicted molar refractivity (Wildman–Crippen MR) is 406 cm³/mol. The highest BCUT2D eigenvalue weighted by Gasteiger charge is 2.33. The zero-order valence-corrected chi connectivity index (χ0v) is 61.7. The van der Waals surface area contributed by atoms with Crippen LogP contribution in [0.1, 0.15) is 212 Å². The van der Waals surface area contributed by atoms with Crippen molar-refractivity contribution in [2.75, 3.05) is 0 Å². The summed E-state index contributed by atoms with van der Waals surface area (Å²) in [4.78, 5) is 27.0. The summed E-state index contributed by atoms with van der Waals surface area (Å²) in [5, 5.41) is 25.9. The summed E-state index contributed by atoms with van der Waals surface area (Å²) in [5.41, 5.74) is 11.0. The Morgan fingerprint density at radius 2 is 1.01 bits per heavy atom. The molecule has 0 saturated heterocycles. The van der Waals surface area contributed by atoms with E-state index in [0.717, 1.165) is 33.4 Å². The molecule has 2 aliphatic rings. The first-order chi connectivity index (χ1) is 43.9. The molecule has 10 nitrogen and oxygen atoms in total. The van der Waals surface area contributed by atoms with Crippen molar-refractivity contribution in [1.29, 1.82) is 0 Å². The molecule has 0 unspecified atom stereocenters. The predicted octanol–water partition coefficient (Wildman–Crippen LogP) is 23.0. The molecule has 6 aromatic heterocycles. The Hall–Kier alpha value is -8.02. The molecule has 13 rings (SSSR count). The number of thiophene rings is 1. The zero-order valence-electron chi connectivity index (χ0n) is 60.9. The number of pyridine rings is 4. The van der Waals surface area contributed by atoms with E-state index in [1.165, 1.54) is 72.3 Å². The first-order valence-corrected chi connectivity index (χ1v) is 34.2. The van der Waals surface area contributed by atoms with E-state index in [4.69, 9.17) is 4.63 Å². The number of H-pyrrole nitrogens is 1. The highest BCUT2D eigenvalue weighted by molar-refractivity contribution is 7.17. The third kappa shape index (κ3) is 22.0. The molecule has 1 N–H and O–H groups in total. The van der Waals surface area contributed by atoms with Crippen LogP contribution < -0.4 is 5.56 Å². The van der Waals surface area contributed by atoms with Crippen molar-refractivity contribution < 1.29 is 4.63 Å². The van der Waals surface area contributed by atoms with Crippen molar-refractivity contribution in [3.8, 4) is 0 Å². The van der Waals surface area contributed by atoms with Crippen LogP contribution in [0.25, 0.3) is 53.4 Å². The minimum absolute atomic E-state index is 0.0152. The molecule has 0 atom stereocenters. The van der Waals surface area contributed by atoms with Gasteiger partial charge in [-0.15, -0.1) is 11.3 Å². The van der Waals surface area contributed by atoms with E-state index in [-0.39, 0.29) is 38.0 Å². The summed E-state index contributed by atoms with van der Waals surface area (Å²) < 4.78 is 6.10. The van der Waals surface area contributed by atoms with E-state index in [0.29, 0.717) is 17.3 Å². The van der Waals surface area contributed by atoms with Gasteiger partial charge in [0.05, 0.1) is 0 Å². The number of nitrogens with zero attached hydrogens (tertiary/aromatic N) is 7. The molecule has 1 fully saturated rings. The van der Waals surface area contributed by atoms with Gasteiger partial charge in [0.15, 0.2) is 0 Å². The number of aromatic nitrogens is 6. The number of hydrogen-bond donors (Lipinski definition) is 1. The van der Waals surface area contributed by atoms with Crippen LogP contribution in [0.2, 0.25) is 0 Å². The smallest absolute Gasteiger partial charge is 0.255 e. The molecule has 7 heterocycles. The van der Waals surface area contributed by atoms with E-state index in [9.17, 15) is 4.79 Å². The minimum Gasteiger partial charge on any atom is -0.328 e. The third-order valence-electron chi connectivity index (χ3n) is 16.6. The van der Waals surface area contributed by atoms with E-state index < -0.39 is 0 Å². The molecule has 1 aliphatic carbocycles. The largest absolute Gasteiger partial charge is 0.328 e. The van der Waals surface area contributed by atoms with Crippen LogP contribution in [0, 0.1) is 22.7 Å². The number of aromatic amines is 1. The average molecular weight is 1280 g/mol. The van der Waals surface area contributed by atoms with Crippen LogP contribution in [0.5, 0.6) is 0 Å². The van der Waals surface area contributed by atoms with Gasteiger partial charge in [-0.05, 0) is 159 Å². The number of rotatable bonds is 1. The van der Waals surface area contributed by atoms with Gasteiger partial charge < -0.3 is 4.98 Å². The highest BCUT2D eigenvalue weighted by Crippen LogP contribution is 2.44. The fraction of sp³-hybridized carbons (Fsp3) is 0.422. The van der Waals surface area contributed by atoms with E-state index in [2.05, 4.69) is 290 Å². The van der Waals surface area contributed by atoms with Crippen LogP contribution in [0.4, 0.5) is 0 Å². The van der Waals surface area contributed by atoms with Crippen LogP contribution >= 0.6 is 11.3 Å². The van der Waals surface area contributed by atoms with Gasteiger partial charge in [0, 0.05) is 87.5 Å². The SMILES string of the molecule is CC(C)(C)C1C=NN=C1.CC(C)(C)C1CC1.CC(C)(C)c1c[nH]c(=O)c2ccccc12.CC(C)(C)c1cccc2nonc12.CC(C)(C)c1ccccn1.CC(C)(C)c1cncc2ccccc12.CC(C)(C)c1csc2ccccc12.CC(C)c1cccc2cnccc12. The maximum absolute atomic E-state index is 11.6. The lowest BCUT2D eigenvalue weighted by atomic mass is 9.83. The van der Waals surface area contributed by atoms with Crippen LogP contribution in [0.15, 0.2) is 196 Å². The second-order valence-electron chi connectivity index (χ2n) is 32.2. The number of benzene rings is 5. The molecule has 11 heteroatoms. The molecule has 5 aromatic carbocycles. The Balaban J connectivity index is 0.000000172. The van der Waals surface area contributed by atoms with E-state index in [1.54, 1.807) is 0 Å². The van der Waals surface area contributed by atoms with Crippen molar-refractivity contribution in [2.45, 2.75) is 205 Å². The molecular formula is C83H108N8O2S. The molecule has 94 heavy (non-hydrogen) atoms. The molecule has 0 spiro atoms. The second-order valence-corrected chi connectivity index (χ2v) is 33.1. The van der Waals surface area contributed by atoms with Gasteiger partial charge in [-0.25, -0.2) is 4.63 Å². The first-order valence-electron chi connectivity index (χ1n) is 33.3. The van der Waals surface area contributed by atoms with Gasteiger partial charge in [-0.2, -0.15) is 10.2 Å². The molecule has 1 aliphatic heterocycles.